The number of aryl methyl sites for hydroxylation is 3. The number of anilines is 1. The highest BCUT2D eigenvalue weighted by Gasteiger charge is 2.41. The van der Waals surface area contributed by atoms with Gasteiger partial charge in [0.1, 0.15) is 6.04 Å². The van der Waals surface area contributed by atoms with Crippen molar-refractivity contribution in [3.05, 3.63) is 83.4 Å². The maximum absolute atomic E-state index is 5.76. The van der Waals surface area contributed by atoms with Crippen molar-refractivity contribution in [1.29, 1.82) is 0 Å². The molecule has 0 bridgehead atoms. The predicted molar refractivity (Wildman–Crippen MR) is 109 cm³/mol. The number of pyridine rings is 1. The van der Waals surface area contributed by atoms with Crippen molar-refractivity contribution in [3.63, 3.8) is 0 Å². The minimum Gasteiger partial charge on any atom is -0.353 e. The summed E-state index contributed by atoms with van der Waals surface area (Å²) in [6.07, 6.45) is 3.91. The monoisotopic (exact) mass is 362 g/mol. The van der Waals surface area contributed by atoms with Gasteiger partial charge in [0.05, 0.1) is 11.7 Å². The molecule has 0 amide bonds. The molecular weight excluding hydrogens is 340 g/mol. The van der Waals surface area contributed by atoms with Crippen molar-refractivity contribution < 1.29 is 0 Å². The summed E-state index contributed by atoms with van der Waals surface area (Å²) in [5.74, 6) is 0. The molecule has 2 aromatic heterocycles. The first-order valence-corrected chi connectivity index (χ1v) is 9.15. The van der Waals surface area contributed by atoms with E-state index in [2.05, 4.69) is 83.3 Å². The van der Waals surface area contributed by atoms with Gasteiger partial charge < -0.3 is 14.8 Å². The highest BCUT2D eigenvalue weighted by molar-refractivity contribution is 7.80. The van der Waals surface area contributed by atoms with Gasteiger partial charge in [0, 0.05) is 30.8 Å². The Hall–Kier alpha value is -2.66. The van der Waals surface area contributed by atoms with E-state index in [0.29, 0.717) is 0 Å². The zero-order valence-corrected chi connectivity index (χ0v) is 16.0. The summed E-state index contributed by atoms with van der Waals surface area (Å²) >= 11 is 5.76. The van der Waals surface area contributed by atoms with E-state index in [1.807, 2.05) is 18.3 Å². The van der Waals surface area contributed by atoms with Gasteiger partial charge in [0.15, 0.2) is 5.11 Å². The molecule has 4 nitrogen and oxygen atoms in total. The van der Waals surface area contributed by atoms with Gasteiger partial charge in [0.25, 0.3) is 0 Å². The van der Waals surface area contributed by atoms with Crippen LogP contribution in [-0.4, -0.2) is 14.7 Å². The van der Waals surface area contributed by atoms with E-state index in [1.165, 1.54) is 16.8 Å². The maximum atomic E-state index is 5.76. The first-order valence-electron chi connectivity index (χ1n) is 8.75. The molecule has 26 heavy (non-hydrogen) atoms. The van der Waals surface area contributed by atoms with Crippen molar-refractivity contribution >= 4 is 23.0 Å². The van der Waals surface area contributed by atoms with E-state index in [9.17, 15) is 0 Å². The van der Waals surface area contributed by atoms with Gasteiger partial charge in [-0.1, -0.05) is 12.1 Å². The number of aromatic nitrogens is 2. The summed E-state index contributed by atoms with van der Waals surface area (Å²) in [5, 5.41) is 4.24. The third kappa shape index (κ3) is 2.88. The Labute approximate surface area is 159 Å². The van der Waals surface area contributed by atoms with Crippen molar-refractivity contribution in [2.24, 2.45) is 7.05 Å². The molecule has 0 spiro atoms. The van der Waals surface area contributed by atoms with Gasteiger partial charge in [-0.2, -0.15) is 0 Å². The van der Waals surface area contributed by atoms with Crippen LogP contribution < -0.4 is 10.2 Å². The summed E-state index contributed by atoms with van der Waals surface area (Å²) in [6, 6.07) is 16.9. The van der Waals surface area contributed by atoms with Crippen LogP contribution in [0.2, 0.25) is 0 Å². The standard InChI is InChI=1S/C21H22N4S/c1-14-11-15(2)13-16(12-14)25-20(18-8-6-10-24(18)3)19(23-21(25)26)17-7-4-5-9-22-17/h4-13,19-20H,1-3H3,(H,23,26)/t19-,20-/m0/s1. The molecule has 1 saturated heterocycles. The normalized spacial score (nSPS) is 19.7. The van der Waals surface area contributed by atoms with Gasteiger partial charge in [-0.3, -0.25) is 4.98 Å². The fourth-order valence-corrected chi connectivity index (χ4v) is 4.15. The highest BCUT2D eigenvalue weighted by Crippen LogP contribution is 2.41. The Morgan fingerprint density at radius 3 is 2.42 bits per heavy atom. The van der Waals surface area contributed by atoms with Gasteiger partial charge >= 0.3 is 0 Å². The van der Waals surface area contributed by atoms with Crippen LogP contribution in [0.15, 0.2) is 60.9 Å². The van der Waals surface area contributed by atoms with Crippen LogP contribution in [-0.2, 0) is 7.05 Å². The number of nitrogens with zero attached hydrogens (tertiary/aromatic N) is 3. The lowest BCUT2D eigenvalue weighted by Gasteiger charge is -2.28. The summed E-state index contributed by atoms with van der Waals surface area (Å²) < 4.78 is 2.16. The summed E-state index contributed by atoms with van der Waals surface area (Å²) in [5.41, 5.74) is 5.77. The second-order valence-corrected chi connectivity index (χ2v) is 7.27. The van der Waals surface area contributed by atoms with Crippen LogP contribution in [0.4, 0.5) is 5.69 Å². The fourth-order valence-electron chi connectivity index (χ4n) is 3.80. The van der Waals surface area contributed by atoms with Crippen molar-refractivity contribution in [2.45, 2.75) is 25.9 Å². The first-order chi connectivity index (χ1) is 12.5. The van der Waals surface area contributed by atoms with Gasteiger partial charge in [-0.25, -0.2) is 0 Å². The van der Waals surface area contributed by atoms with Gasteiger partial charge in [-0.05, 0) is 73.6 Å². The number of rotatable bonds is 3. The molecule has 0 radical (unpaired) electrons. The fraction of sp³-hybridized carbons (Fsp3) is 0.238. The zero-order chi connectivity index (χ0) is 18.3. The molecule has 1 fully saturated rings. The van der Waals surface area contributed by atoms with Crippen molar-refractivity contribution in [3.8, 4) is 0 Å². The van der Waals surface area contributed by atoms with Crippen LogP contribution in [0.5, 0.6) is 0 Å². The van der Waals surface area contributed by atoms with Crippen molar-refractivity contribution in [1.82, 2.24) is 14.9 Å². The molecule has 0 saturated carbocycles. The molecule has 1 aliphatic heterocycles. The van der Waals surface area contributed by atoms with Crippen LogP contribution in [0.1, 0.15) is 34.6 Å². The zero-order valence-electron chi connectivity index (χ0n) is 15.2. The number of nitrogens with one attached hydrogen (secondary N) is 1. The van der Waals surface area contributed by atoms with Crippen LogP contribution >= 0.6 is 12.2 Å². The van der Waals surface area contributed by atoms with E-state index >= 15 is 0 Å². The number of benzene rings is 1. The molecular formula is C21H22N4S. The van der Waals surface area contributed by atoms with Crippen molar-refractivity contribution in [2.75, 3.05) is 4.90 Å². The molecule has 0 unspecified atom stereocenters. The Balaban J connectivity index is 1.86. The molecule has 3 heterocycles. The Kier molecular flexibility index (Phi) is 4.24. The lowest BCUT2D eigenvalue weighted by atomic mass is 10.0. The molecule has 2 atom stereocenters. The molecule has 3 aromatic rings. The number of hydrogen-bond acceptors (Lipinski definition) is 2. The Bertz CT molecular complexity index is 927. The molecule has 132 valence electrons. The molecule has 1 aromatic carbocycles. The van der Waals surface area contributed by atoms with E-state index in [-0.39, 0.29) is 12.1 Å². The van der Waals surface area contributed by atoms with Gasteiger partial charge in [0.2, 0.25) is 0 Å². The summed E-state index contributed by atoms with van der Waals surface area (Å²) in [7, 11) is 2.08. The molecule has 0 aliphatic carbocycles. The predicted octanol–water partition coefficient (Wildman–Crippen LogP) is 4.21. The van der Waals surface area contributed by atoms with E-state index in [1.54, 1.807) is 0 Å². The SMILES string of the molecule is Cc1cc(C)cc(N2C(=S)N[C@@H](c3ccccn3)[C@@H]2c2cccn2C)c1. The Morgan fingerprint density at radius 1 is 1.04 bits per heavy atom. The molecule has 4 rings (SSSR count). The number of hydrogen-bond donors (Lipinski definition) is 1. The minimum atomic E-state index is -0.00174. The van der Waals surface area contributed by atoms with Crippen LogP contribution in [0.3, 0.4) is 0 Å². The second-order valence-electron chi connectivity index (χ2n) is 6.89. The average molecular weight is 363 g/mol. The Morgan fingerprint density at radius 2 is 1.81 bits per heavy atom. The third-order valence-corrected chi connectivity index (χ3v) is 5.18. The largest absolute Gasteiger partial charge is 0.353 e. The van der Waals surface area contributed by atoms with Crippen LogP contribution in [0, 0.1) is 13.8 Å². The van der Waals surface area contributed by atoms with E-state index in [0.717, 1.165) is 16.5 Å². The summed E-state index contributed by atoms with van der Waals surface area (Å²) in [4.78, 5) is 6.82. The molecule has 5 heteroatoms. The average Bonchev–Trinajstić information content (AvgIpc) is 3.17. The molecule has 1 N–H and O–H groups in total. The molecule has 1 aliphatic rings. The minimum absolute atomic E-state index is 0.00174. The first kappa shape index (κ1) is 16.8. The second kappa shape index (κ2) is 6.57. The lowest BCUT2D eigenvalue weighted by Crippen LogP contribution is -2.30. The van der Waals surface area contributed by atoms with E-state index in [4.69, 9.17) is 12.2 Å². The smallest absolute Gasteiger partial charge is 0.174 e. The van der Waals surface area contributed by atoms with E-state index < -0.39 is 0 Å². The van der Waals surface area contributed by atoms with Crippen LogP contribution in [0.25, 0.3) is 0 Å². The third-order valence-electron chi connectivity index (χ3n) is 4.87. The topological polar surface area (TPSA) is 33.1 Å². The highest BCUT2D eigenvalue weighted by atomic mass is 32.1. The lowest BCUT2D eigenvalue weighted by molar-refractivity contribution is 0.541. The summed E-state index contributed by atoms with van der Waals surface area (Å²) in [6.45, 7) is 4.24. The maximum Gasteiger partial charge on any atom is 0.174 e. The number of thiocarbonyl (C=S) groups is 1. The quantitative estimate of drug-likeness (QED) is 0.708. The van der Waals surface area contributed by atoms with Gasteiger partial charge in [-0.15, -0.1) is 0 Å².